The Morgan fingerprint density at radius 1 is 1.50 bits per heavy atom. The van der Waals surface area contributed by atoms with Crippen LogP contribution in [-0.2, 0) is 0 Å². The highest BCUT2D eigenvalue weighted by atomic mass is 35.5. The monoisotopic (exact) mass is 254 g/mol. The Morgan fingerprint density at radius 3 is 3.12 bits per heavy atom. The van der Waals surface area contributed by atoms with Crippen LogP contribution in [0.4, 0.5) is 0 Å². The molecular weight excluding hydrogens is 244 g/mol. The van der Waals surface area contributed by atoms with Crippen LogP contribution in [0.15, 0.2) is 23.0 Å². The van der Waals surface area contributed by atoms with Crippen molar-refractivity contribution in [3.8, 4) is 0 Å². The average Bonchev–Trinajstić information content (AvgIpc) is 2.83. The van der Waals surface area contributed by atoms with E-state index in [0.29, 0.717) is 5.02 Å². The standard InChI is InChI=1S/C11H11ClN2OS/c12-7-3-4-9-8(6-7)13-11(15)14(9)10-2-1-5-16-10/h3-4,6,10H,1-2,5H2,(H,13,15). The van der Waals surface area contributed by atoms with Gasteiger partial charge in [0.25, 0.3) is 0 Å². The maximum Gasteiger partial charge on any atom is 0.327 e. The van der Waals surface area contributed by atoms with Crippen molar-refractivity contribution in [1.82, 2.24) is 9.55 Å². The summed E-state index contributed by atoms with van der Waals surface area (Å²) in [5.74, 6) is 1.14. The van der Waals surface area contributed by atoms with Gasteiger partial charge >= 0.3 is 5.69 Å². The van der Waals surface area contributed by atoms with E-state index in [9.17, 15) is 4.79 Å². The van der Waals surface area contributed by atoms with Crippen LogP contribution in [0.1, 0.15) is 18.2 Å². The number of aromatic amines is 1. The molecule has 1 fully saturated rings. The summed E-state index contributed by atoms with van der Waals surface area (Å²) in [7, 11) is 0. The predicted molar refractivity (Wildman–Crippen MR) is 68.3 cm³/mol. The SMILES string of the molecule is O=c1[nH]c2cc(Cl)ccc2n1C1CCCS1. The number of hydrogen-bond acceptors (Lipinski definition) is 2. The number of H-pyrrole nitrogens is 1. The van der Waals surface area contributed by atoms with Gasteiger partial charge in [-0.3, -0.25) is 4.57 Å². The van der Waals surface area contributed by atoms with Gasteiger partial charge in [0.05, 0.1) is 16.4 Å². The van der Waals surface area contributed by atoms with Crippen LogP contribution in [0, 0.1) is 0 Å². The number of imidazole rings is 1. The molecule has 1 unspecified atom stereocenters. The minimum Gasteiger partial charge on any atom is -0.305 e. The van der Waals surface area contributed by atoms with Gasteiger partial charge in [-0.1, -0.05) is 11.6 Å². The van der Waals surface area contributed by atoms with E-state index in [0.717, 1.165) is 23.2 Å². The van der Waals surface area contributed by atoms with Crippen LogP contribution in [-0.4, -0.2) is 15.3 Å². The summed E-state index contributed by atoms with van der Waals surface area (Å²) in [6.07, 6.45) is 2.25. The van der Waals surface area contributed by atoms with Crippen molar-refractivity contribution in [2.45, 2.75) is 18.2 Å². The molecule has 2 heterocycles. The smallest absolute Gasteiger partial charge is 0.305 e. The molecule has 2 aromatic rings. The summed E-state index contributed by atoms with van der Waals surface area (Å²) in [6, 6.07) is 5.54. The van der Waals surface area contributed by atoms with Gasteiger partial charge in [0.15, 0.2) is 0 Å². The molecule has 0 amide bonds. The summed E-state index contributed by atoms with van der Waals surface area (Å²) in [6.45, 7) is 0. The van der Waals surface area contributed by atoms with Crippen LogP contribution in [0.2, 0.25) is 5.02 Å². The van der Waals surface area contributed by atoms with E-state index >= 15 is 0 Å². The van der Waals surface area contributed by atoms with Crippen LogP contribution >= 0.6 is 23.4 Å². The Bertz CT molecular complexity index is 583. The molecule has 5 heteroatoms. The van der Waals surface area contributed by atoms with Crippen molar-refractivity contribution in [2.75, 3.05) is 5.75 Å². The molecule has 0 aliphatic carbocycles. The van der Waals surface area contributed by atoms with E-state index in [1.54, 1.807) is 6.07 Å². The number of hydrogen-bond donors (Lipinski definition) is 1. The first kappa shape index (κ1) is 10.3. The molecule has 0 radical (unpaired) electrons. The summed E-state index contributed by atoms with van der Waals surface area (Å²) < 4.78 is 1.85. The second kappa shape index (κ2) is 3.86. The van der Waals surface area contributed by atoms with Gasteiger partial charge < -0.3 is 4.98 Å². The van der Waals surface area contributed by atoms with Gasteiger partial charge in [0, 0.05) is 5.02 Å². The summed E-state index contributed by atoms with van der Waals surface area (Å²) in [5, 5.41) is 0.933. The molecule has 0 spiro atoms. The van der Waals surface area contributed by atoms with E-state index in [-0.39, 0.29) is 11.1 Å². The third-order valence-electron chi connectivity index (χ3n) is 2.87. The highest BCUT2D eigenvalue weighted by molar-refractivity contribution is 7.99. The number of benzene rings is 1. The number of aromatic nitrogens is 2. The first-order chi connectivity index (χ1) is 7.75. The van der Waals surface area contributed by atoms with Crippen molar-refractivity contribution in [3.63, 3.8) is 0 Å². The number of thioether (sulfide) groups is 1. The van der Waals surface area contributed by atoms with E-state index in [1.165, 1.54) is 6.42 Å². The van der Waals surface area contributed by atoms with Gasteiger partial charge in [-0.2, -0.15) is 0 Å². The molecule has 1 N–H and O–H groups in total. The Hall–Kier alpha value is -0.870. The minimum atomic E-state index is -0.0309. The molecule has 1 aromatic carbocycles. The molecular formula is C11H11ClN2OS. The second-order valence-corrected chi connectivity index (χ2v) is 5.65. The lowest BCUT2D eigenvalue weighted by Gasteiger charge is -2.10. The van der Waals surface area contributed by atoms with Crippen LogP contribution in [0.3, 0.4) is 0 Å². The van der Waals surface area contributed by atoms with Gasteiger partial charge in [-0.25, -0.2) is 4.79 Å². The van der Waals surface area contributed by atoms with Crippen LogP contribution < -0.4 is 5.69 Å². The third kappa shape index (κ3) is 1.57. The fourth-order valence-electron chi connectivity index (χ4n) is 2.15. The Balaban J connectivity index is 2.23. The lowest BCUT2D eigenvalue weighted by atomic mass is 10.3. The molecule has 1 aliphatic heterocycles. The quantitative estimate of drug-likeness (QED) is 0.850. The highest BCUT2D eigenvalue weighted by Crippen LogP contribution is 2.36. The molecule has 84 valence electrons. The summed E-state index contributed by atoms with van der Waals surface area (Å²) >= 11 is 7.75. The van der Waals surface area contributed by atoms with Crippen LogP contribution in [0.25, 0.3) is 11.0 Å². The molecule has 1 aromatic heterocycles. The minimum absolute atomic E-state index is 0.0309. The van der Waals surface area contributed by atoms with Gasteiger partial charge in [0.1, 0.15) is 0 Å². The van der Waals surface area contributed by atoms with Crippen molar-refractivity contribution < 1.29 is 0 Å². The van der Waals surface area contributed by atoms with Crippen LogP contribution in [0.5, 0.6) is 0 Å². The maximum atomic E-state index is 11.9. The summed E-state index contributed by atoms with van der Waals surface area (Å²) in [4.78, 5) is 14.7. The number of halogens is 1. The molecule has 1 atom stereocenters. The molecule has 0 saturated carbocycles. The zero-order chi connectivity index (χ0) is 11.1. The number of rotatable bonds is 1. The topological polar surface area (TPSA) is 37.8 Å². The zero-order valence-corrected chi connectivity index (χ0v) is 10.1. The van der Waals surface area contributed by atoms with Crippen molar-refractivity contribution in [1.29, 1.82) is 0 Å². The summed E-state index contributed by atoms with van der Waals surface area (Å²) in [5.41, 5.74) is 1.75. The Kier molecular flexibility index (Phi) is 2.48. The van der Waals surface area contributed by atoms with Gasteiger partial charge in [0.2, 0.25) is 0 Å². The lowest BCUT2D eigenvalue weighted by molar-refractivity contribution is 0.641. The Morgan fingerprint density at radius 2 is 2.38 bits per heavy atom. The highest BCUT2D eigenvalue weighted by Gasteiger charge is 2.21. The molecule has 1 aliphatic rings. The van der Waals surface area contributed by atoms with E-state index < -0.39 is 0 Å². The van der Waals surface area contributed by atoms with Crippen molar-refractivity contribution >= 4 is 34.4 Å². The lowest BCUT2D eigenvalue weighted by Crippen LogP contribution is -2.18. The van der Waals surface area contributed by atoms with Gasteiger partial charge in [-0.15, -0.1) is 11.8 Å². The Labute approximate surface area is 102 Å². The van der Waals surface area contributed by atoms with E-state index in [2.05, 4.69) is 4.98 Å². The molecule has 1 saturated heterocycles. The largest absolute Gasteiger partial charge is 0.327 e. The second-order valence-electron chi connectivity index (χ2n) is 3.93. The third-order valence-corrected chi connectivity index (χ3v) is 4.46. The maximum absolute atomic E-state index is 11.9. The van der Waals surface area contributed by atoms with Crippen molar-refractivity contribution in [3.05, 3.63) is 33.7 Å². The first-order valence-corrected chi connectivity index (χ1v) is 6.70. The molecule has 0 bridgehead atoms. The number of nitrogens with one attached hydrogen (secondary N) is 1. The normalized spacial score (nSPS) is 20.7. The molecule has 16 heavy (non-hydrogen) atoms. The van der Waals surface area contributed by atoms with Gasteiger partial charge in [-0.05, 0) is 36.8 Å². The predicted octanol–water partition coefficient (Wildman–Crippen LogP) is 3.01. The number of nitrogens with zero attached hydrogens (tertiary/aromatic N) is 1. The zero-order valence-electron chi connectivity index (χ0n) is 8.57. The molecule has 3 rings (SSSR count). The van der Waals surface area contributed by atoms with Crippen molar-refractivity contribution in [2.24, 2.45) is 0 Å². The number of fused-ring (bicyclic) bond motifs is 1. The molecule has 3 nitrogen and oxygen atoms in total. The average molecular weight is 255 g/mol. The van der Waals surface area contributed by atoms with E-state index in [4.69, 9.17) is 11.6 Å². The van der Waals surface area contributed by atoms with E-state index in [1.807, 2.05) is 28.5 Å². The fourth-order valence-corrected chi connectivity index (χ4v) is 3.62. The first-order valence-electron chi connectivity index (χ1n) is 5.27. The fraction of sp³-hybridized carbons (Fsp3) is 0.364.